The van der Waals surface area contributed by atoms with Crippen molar-refractivity contribution in [2.75, 3.05) is 6.54 Å². The maximum Gasteiger partial charge on any atom is 0.312 e. The van der Waals surface area contributed by atoms with E-state index in [4.69, 9.17) is 22.4 Å². The first kappa shape index (κ1) is 12.0. The fourth-order valence-corrected chi connectivity index (χ4v) is 2.32. The number of carboxylic acid groups (broad SMARTS) is 1. The predicted octanol–water partition coefficient (Wildman–Crippen LogP) is 1.96. The van der Waals surface area contributed by atoms with Crippen molar-refractivity contribution in [1.29, 1.82) is 0 Å². The Labute approximate surface area is 104 Å². The van der Waals surface area contributed by atoms with Gasteiger partial charge in [-0.1, -0.05) is 17.7 Å². The van der Waals surface area contributed by atoms with Gasteiger partial charge < -0.3 is 15.4 Å². The van der Waals surface area contributed by atoms with Crippen LogP contribution in [0.15, 0.2) is 24.4 Å². The first-order valence-corrected chi connectivity index (χ1v) is 5.60. The largest absolute Gasteiger partial charge is 0.481 e. The van der Waals surface area contributed by atoms with Gasteiger partial charge in [-0.15, -0.1) is 0 Å². The monoisotopic (exact) mass is 252 g/mol. The third-order valence-electron chi connectivity index (χ3n) is 2.94. The molecular formula is C12H13ClN2O2. The summed E-state index contributed by atoms with van der Waals surface area (Å²) >= 11 is 6.24. The maximum atomic E-state index is 11.1. The van der Waals surface area contributed by atoms with E-state index >= 15 is 0 Å². The predicted molar refractivity (Wildman–Crippen MR) is 67.4 cm³/mol. The molecule has 4 nitrogen and oxygen atoms in total. The summed E-state index contributed by atoms with van der Waals surface area (Å²) in [6.45, 7) is 0.0351. The van der Waals surface area contributed by atoms with Gasteiger partial charge in [0.2, 0.25) is 0 Å². The highest BCUT2D eigenvalue weighted by molar-refractivity contribution is 6.36. The van der Waals surface area contributed by atoms with Crippen molar-refractivity contribution in [3.05, 3.63) is 35.0 Å². The Morgan fingerprint density at radius 3 is 2.82 bits per heavy atom. The summed E-state index contributed by atoms with van der Waals surface area (Å²) < 4.78 is 1.93. The minimum Gasteiger partial charge on any atom is -0.481 e. The summed E-state index contributed by atoms with van der Waals surface area (Å²) in [5.41, 5.74) is 7.02. The molecule has 1 atom stereocenters. The molecule has 17 heavy (non-hydrogen) atoms. The Kier molecular flexibility index (Phi) is 3.09. The lowest BCUT2D eigenvalue weighted by Gasteiger charge is -2.12. The van der Waals surface area contributed by atoms with Crippen LogP contribution < -0.4 is 5.73 Å². The number of fused-ring (bicyclic) bond motifs is 1. The number of aromatic nitrogens is 1. The zero-order valence-corrected chi connectivity index (χ0v) is 10.1. The highest BCUT2D eigenvalue weighted by atomic mass is 35.5. The summed E-state index contributed by atoms with van der Waals surface area (Å²) in [4.78, 5) is 11.1. The smallest absolute Gasteiger partial charge is 0.312 e. The zero-order chi connectivity index (χ0) is 12.6. The first-order valence-electron chi connectivity index (χ1n) is 5.22. The number of hydrogen-bond donors (Lipinski definition) is 2. The Morgan fingerprint density at radius 1 is 1.53 bits per heavy atom. The van der Waals surface area contributed by atoms with E-state index < -0.39 is 11.9 Å². The zero-order valence-electron chi connectivity index (χ0n) is 9.35. The van der Waals surface area contributed by atoms with Gasteiger partial charge >= 0.3 is 5.97 Å². The normalized spacial score (nSPS) is 12.9. The molecule has 90 valence electrons. The Morgan fingerprint density at radius 2 is 2.24 bits per heavy atom. The number of aryl methyl sites for hydroxylation is 1. The minimum absolute atomic E-state index is 0.0351. The minimum atomic E-state index is -0.954. The van der Waals surface area contributed by atoms with Gasteiger partial charge in [0.15, 0.2) is 0 Å². The molecule has 0 aliphatic carbocycles. The molecule has 1 aromatic carbocycles. The fraction of sp³-hybridized carbons (Fsp3) is 0.250. The lowest BCUT2D eigenvalue weighted by Crippen LogP contribution is -2.21. The Balaban J connectivity index is 2.63. The van der Waals surface area contributed by atoms with Crippen molar-refractivity contribution in [3.63, 3.8) is 0 Å². The third-order valence-corrected chi connectivity index (χ3v) is 3.36. The van der Waals surface area contributed by atoms with Crippen LogP contribution in [-0.2, 0) is 11.8 Å². The maximum absolute atomic E-state index is 11.1. The second-order valence-electron chi connectivity index (χ2n) is 3.95. The molecule has 1 unspecified atom stereocenters. The average molecular weight is 253 g/mol. The van der Waals surface area contributed by atoms with Crippen molar-refractivity contribution in [2.24, 2.45) is 12.8 Å². The van der Waals surface area contributed by atoms with Crippen LogP contribution in [0.2, 0.25) is 5.02 Å². The van der Waals surface area contributed by atoms with Crippen LogP contribution in [-0.4, -0.2) is 22.2 Å². The van der Waals surface area contributed by atoms with E-state index in [0.29, 0.717) is 10.6 Å². The van der Waals surface area contributed by atoms with Gasteiger partial charge in [0.25, 0.3) is 0 Å². The van der Waals surface area contributed by atoms with Gasteiger partial charge in [-0.2, -0.15) is 0 Å². The summed E-state index contributed by atoms with van der Waals surface area (Å²) in [6.07, 6.45) is 1.89. The lowest BCUT2D eigenvalue weighted by molar-refractivity contribution is -0.138. The lowest BCUT2D eigenvalue weighted by atomic mass is 9.98. The number of nitrogens with two attached hydrogens (primary N) is 1. The van der Waals surface area contributed by atoms with Gasteiger partial charge in [-0.25, -0.2) is 0 Å². The number of benzene rings is 1. The molecule has 1 aromatic heterocycles. The standard InChI is InChI=1S/C12H13ClN2O2/c1-15-5-4-8-10(15)3-2-7(11(8)13)9(6-14)12(16)17/h2-5,9H,6,14H2,1H3,(H,16,17). The Bertz CT molecular complexity index is 577. The molecule has 0 aliphatic heterocycles. The number of carboxylic acids is 1. The topological polar surface area (TPSA) is 68.2 Å². The number of aliphatic carboxylic acids is 1. The SMILES string of the molecule is Cn1ccc2c(Cl)c(C(CN)C(=O)O)ccc21. The number of carbonyl (C=O) groups is 1. The van der Waals surface area contributed by atoms with E-state index in [1.807, 2.05) is 29.9 Å². The number of hydrogen-bond acceptors (Lipinski definition) is 2. The summed E-state index contributed by atoms with van der Waals surface area (Å²) in [5.74, 6) is -1.71. The van der Waals surface area contributed by atoms with Crippen molar-refractivity contribution in [1.82, 2.24) is 4.57 Å². The number of halogens is 1. The van der Waals surface area contributed by atoms with Gasteiger partial charge in [0.05, 0.1) is 10.9 Å². The van der Waals surface area contributed by atoms with E-state index in [1.54, 1.807) is 6.07 Å². The molecule has 2 aromatic rings. The van der Waals surface area contributed by atoms with E-state index in [0.717, 1.165) is 10.9 Å². The molecule has 0 saturated heterocycles. The van der Waals surface area contributed by atoms with Crippen LogP contribution in [0.5, 0.6) is 0 Å². The fourth-order valence-electron chi connectivity index (χ4n) is 1.96. The van der Waals surface area contributed by atoms with Crippen molar-refractivity contribution in [2.45, 2.75) is 5.92 Å². The van der Waals surface area contributed by atoms with Gasteiger partial charge in [-0.05, 0) is 17.7 Å². The Hall–Kier alpha value is -1.52. The molecule has 0 saturated carbocycles. The molecule has 5 heteroatoms. The molecule has 3 N–H and O–H groups in total. The van der Waals surface area contributed by atoms with Crippen LogP contribution in [0.3, 0.4) is 0 Å². The van der Waals surface area contributed by atoms with E-state index in [9.17, 15) is 4.79 Å². The molecule has 0 aliphatic rings. The summed E-state index contributed by atoms with van der Waals surface area (Å²) in [5, 5.41) is 10.4. The van der Waals surface area contributed by atoms with Crippen LogP contribution in [0.1, 0.15) is 11.5 Å². The van der Waals surface area contributed by atoms with E-state index in [2.05, 4.69) is 0 Å². The number of nitrogens with zero attached hydrogens (tertiary/aromatic N) is 1. The van der Waals surface area contributed by atoms with Crippen LogP contribution >= 0.6 is 11.6 Å². The summed E-state index contributed by atoms with van der Waals surface area (Å²) in [6, 6.07) is 5.47. The van der Waals surface area contributed by atoms with Gasteiger partial charge in [0, 0.05) is 30.7 Å². The van der Waals surface area contributed by atoms with Gasteiger partial charge in [0.1, 0.15) is 0 Å². The first-order chi connectivity index (χ1) is 8.06. The van der Waals surface area contributed by atoms with Crippen molar-refractivity contribution >= 4 is 28.5 Å². The second-order valence-corrected chi connectivity index (χ2v) is 4.33. The van der Waals surface area contributed by atoms with Crippen LogP contribution in [0.25, 0.3) is 10.9 Å². The van der Waals surface area contributed by atoms with E-state index in [1.165, 1.54) is 0 Å². The van der Waals surface area contributed by atoms with Crippen molar-refractivity contribution in [3.8, 4) is 0 Å². The third kappa shape index (κ3) is 1.90. The molecule has 0 fully saturated rings. The molecule has 1 heterocycles. The average Bonchev–Trinajstić information content (AvgIpc) is 2.65. The van der Waals surface area contributed by atoms with Crippen LogP contribution in [0, 0.1) is 0 Å². The van der Waals surface area contributed by atoms with Gasteiger partial charge in [-0.3, -0.25) is 4.79 Å². The molecule has 0 amide bonds. The molecule has 0 spiro atoms. The number of rotatable bonds is 3. The molecule has 0 radical (unpaired) electrons. The molecule has 0 bridgehead atoms. The van der Waals surface area contributed by atoms with E-state index in [-0.39, 0.29) is 6.54 Å². The highest BCUT2D eigenvalue weighted by Crippen LogP contribution is 2.32. The molecule has 2 rings (SSSR count). The second kappa shape index (κ2) is 4.39. The molecular weight excluding hydrogens is 240 g/mol. The van der Waals surface area contributed by atoms with Crippen LogP contribution in [0.4, 0.5) is 0 Å². The van der Waals surface area contributed by atoms with Crippen molar-refractivity contribution < 1.29 is 9.90 Å². The highest BCUT2D eigenvalue weighted by Gasteiger charge is 2.22. The quantitative estimate of drug-likeness (QED) is 0.877. The summed E-state index contributed by atoms with van der Waals surface area (Å²) in [7, 11) is 1.91.